The van der Waals surface area contributed by atoms with Crippen LogP contribution in [0.4, 0.5) is 0 Å². The van der Waals surface area contributed by atoms with Gasteiger partial charge in [-0.2, -0.15) is 5.10 Å². The molecule has 0 bridgehead atoms. The zero-order valence-corrected chi connectivity index (χ0v) is 20.6. The SMILES string of the molecule is Cc1cnn(C)c1CN1CCC(COc2ccccc2)(CC(=O)N(C)Cc2ccccc2)CC1. The monoisotopic (exact) mass is 460 g/mol. The first-order valence-electron chi connectivity index (χ1n) is 12.1. The number of likely N-dealkylation sites (tertiary alicyclic amines) is 1. The van der Waals surface area contributed by atoms with E-state index in [2.05, 4.69) is 29.1 Å². The van der Waals surface area contributed by atoms with Gasteiger partial charge >= 0.3 is 0 Å². The number of carbonyl (C=O) groups is 1. The number of carbonyl (C=O) groups excluding carboxylic acids is 1. The second-order valence-electron chi connectivity index (χ2n) is 9.69. The molecule has 180 valence electrons. The molecule has 1 amide bonds. The summed E-state index contributed by atoms with van der Waals surface area (Å²) in [5.74, 6) is 1.04. The van der Waals surface area contributed by atoms with Crippen LogP contribution in [-0.4, -0.2) is 52.2 Å². The number of amides is 1. The van der Waals surface area contributed by atoms with E-state index in [1.807, 2.05) is 78.4 Å². The molecule has 1 aliphatic rings. The first kappa shape index (κ1) is 24.0. The molecular formula is C28H36N4O2. The lowest BCUT2D eigenvalue weighted by atomic mass is 9.75. The van der Waals surface area contributed by atoms with Gasteiger partial charge in [0, 0.05) is 39.0 Å². The molecule has 6 nitrogen and oxygen atoms in total. The first-order chi connectivity index (χ1) is 16.4. The van der Waals surface area contributed by atoms with Gasteiger partial charge < -0.3 is 9.64 Å². The molecule has 0 radical (unpaired) electrons. The molecule has 0 spiro atoms. The van der Waals surface area contributed by atoms with Crippen molar-refractivity contribution < 1.29 is 9.53 Å². The fourth-order valence-electron chi connectivity index (χ4n) is 4.72. The molecule has 0 atom stereocenters. The zero-order valence-electron chi connectivity index (χ0n) is 20.6. The van der Waals surface area contributed by atoms with Crippen LogP contribution in [0.1, 0.15) is 36.1 Å². The third kappa shape index (κ3) is 6.06. The van der Waals surface area contributed by atoms with Gasteiger partial charge in [0.2, 0.25) is 5.91 Å². The Labute approximate surface area is 203 Å². The summed E-state index contributed by atoms with van der Waals surface area (Å²) in [4.78, 5) is 17.6. The van der Waals surface area contributed by atoms with Crippen LogP contribution in [-0.2, 0) is 24.9 Å². The van der Waals surface area contributed by atoms with Crippen LogP contribution in [0.25, 0.3) is 0 Å². The molecule has 4 rings (SSSR count). The van der Waals surface area contributed by atoms with Gasteiger partial charge in [0.1, 0.15) is 5.75 Å². The summed E-state index contributed by atoms with van der Waals surface area (Å²) >= 11 is 0. The minimum Gasteiger partial charge on any atom is -0.493 e. The number of para-hydroxylation sites is 1. The van der Waals surface area contributed by atoms with Crippen LogP contribution in [0.2, 0.25) is 0 Å². The smallest absolute Gasteiger partial charge is 0.223 e. The summed E-state index contributed by atoms with van der Waals surface area (Å²) in [6, 6.07) is 20.1. The lowest BCUT2D eigenvalue weighted by molar-refractivity contribution is -0.134. The van der Waals surface area contributed by atoms with Crippen molar-refractivity contribution in [2.24, 2.45) is 12.5 Å². The van der Waals surface area contributed by atoms with Crippen molar-refractivity contribution in [2.75, 3.05) is 26.7 Å². The van der Waals surface area contributed by atoms with Gasteiger partial charge in [-0.25, -0.2) is 0 Å². The highest BCUT2D eigenvalue weighted by Gasteiger charge is 2.38. The highest BCUT2D eigenvalue weighted by molar-refractivity contribution is 5.76. The van der Waals surface area contributed by atoms with Crippen LogP contribution in [0.3, 0.4) is 0 Å². The molecule has 34 heavy (non-hydrogen) atoms. The Hall–Kier alpha value is -3.12. The van der Waals surface area contributed by atoms with Crippen LogP contribution < -0.4 is 4.74 Å². The largest absolute Gasteiger partial charge is 0.493 e. The summed E-state index contributed by atoms with van der Waals surface area (Å²) in [7, 11) is 3.91. The van der Waals surface area contributed by atoms with Crippen LogP contribution in [0.15, 0.2) is 66.9 Å². The predicted molar refractivity (Wildman–Crippen MR) is 134 cm³/mol. The molecule has 2 aromatic carbocycles. The number of aromatic nitrogens is 2. The van der Waals surface area contributed by atoms with Gasteiger partial charge in [0.15, 0.2) is 0 Å². The van der Waals surface area contributed by atoms with E-state index in [1.165, 1.54) is 11.3 Å². The van der Waals surface area contributed by atoms with E-state index in [9.17, 15) is 4.79 Å². The normalized spacial score (nSPS) is 15.7. The maximum absolute atomic E-state index is 13.3. The Morgan fingerprint density at radius 1 is 1.06 bits per heavy atom. The average Bonchev–Trinajstić information content (AvgIpc) is 3.17. The van der Waals surface area contributed by atoms with Gasteiger partial charge in [-0.15, -0.1) is 0 Å². The van der Waals surface area contributed by atoms with E-state index >= 15 is 0 Å². The maximum Gasteiger partial charge on any atom is 0.223 e. The highest BCUT2D eigenvalue weighted by atomic mass is 16.5. The van der Waals surface area contributed by atoms with E-state index in [-0.39, 0.29) is 11.3 Å². The molecule has 3 aromatic rings. The highest BCUT2D eigenvalue weighted by Crippen LogP contribution is 2.37. The van der Waals surface area contributed by atoms with Crippen molar-refractivity contribution in [1.82, 2.24) is 19.6 Å². The van der Waals surface area contributed by atoms with E-state index < -0.39 is 0 Å². The number of piperidine rings is 1. The molecule has 2 heterocycles. The third-order valence-electron chi connectivity index (χ3n) is 7.06. The molecule has 0 aliphatic carbocycles. The number of rotatable bonds is 9. The van der Waals surface area contributed by atoms with E-state index in [1.54, 1.807) is 0 Å². The summed E-state index contributed by atoms with van der Waals surface area (Å²) in [5, 5.41) is 4.39. The van der Waals surface area contributed by atoms with Gasteiger partial charge in [-0.05, 0) is 56.1 Å². The number of hydrogen-bond donors (Lipinski definition) is 0. The lowest BCUT2D eigenvalue weighted by Gasteiger charge is -2.42. The topological polar surface area (TPSA) is 50.6 Å². The van der Waals surface area contributed by atoms with Crippen LogP contribution in [0.5, 0.6) is 5.75 Å². The second kappa shape index (κ2) is 10.9. The number of nitrogens with zero attached hydrogens (tertiary/aromatic N) is 4. The van der Waals surface area contributed by atoms with Gasteiger partial charge in [-0.3, -0.25) is 14.4 Å². The number of ether oxygens (including phenoxy) is 1. The van der Waals surface area contributed by atoms with Crippen molar-refractivity contribution in [2.45, 2.75) is 39.3 Å². The minimum atomic E-state index is -0.171. The number of aryl methyl sites for hydroxylation is 2. The molecule has 1 aromatic heterocycles. The maximum atomic E-state index is 13.3. The molecule has 1 aliphatic heterocycles. The summed E-state index contributed by atoms with van der Waals surface area (Å²) in [5.41, 5.74) is 3.46. The van der Waals surface area contributed by atoms with Crippen molar-refractivity contribution >= 4 is 5.91 Å². The fourth-order valence-corrected chi connectivity index (χ4v) is 4.72. The fraction of sp³-hybridized carbons (Fsp3) is 0.429. The zero-order chi connectivity index (χ0) is 24.0. The molecule has 1 saturated heterocycles. The van der Waals surface area contributed by atoms with E-state index in [4.69, 9.17) is 4.74 Å². The molecule has 1 fully saturated rings. The Balaban J connectivity index is 1.42. The number of benzene rings is 2. The quantitative estimate of drug-likeness (QED) is 0.474. The Bertz CT molecular complexity index is 1040. The average molecular weight is 461 g/mol. The van der Waals surface area contributed by atoms with Crippen molar-refractivity contribution in [3.05, 3.63) is 83.7 Å². The molecular weight excluding hydrogens is 424 g/mol. The van der Waals surface area contributed by atoms with Gasteiger partial charge in [-0.1, -0.05) is 48.5 Å². The first-order valence-corrected chi connectivity index (χ1v) is 12.1. The second-order valence-corrected chi connectivity index (χ2v) is 9.69. The van der Waals surface area contributed by atoms with E-state index in [0.717, 1.165) is 43.8 Å². The van der Waals surface area contributed by atoms with Gasteiger partial charge in [0.05, 0.1) is 18.5 Å². The standard InChI is InChI=1S/C28H36N4O2/c1-23-19-29-31(3)26(23)21-32-16-14-28(15-17-32,22-34-25-12-8-5-9-13-25)18-27(33)30(2)20-24-10-6-4-7-11-24/h4-13,19H,14-18,20-22H2,1-3H3. The summed E-state index contributed by atoms with van der Waals surface area (Å²) in [6.07, 6.45) is 4.30. The minimum absolute atomic E-state index is 0.171. The molecule has 0 unspecified atom stereocenters. The summed E-state index contributed by atoms with van der Waals surface area (Å²) < 4.78 is 8.19. The summed E-state index contributed by atoms with van der Waals surface area (Å²) in [6.45, 7) is 6.07. The third-order valence-corrected chi connectivity index (χ3v) is 7.06. The Morgan fingerprint density at radius 3 is 2.32 bits per heavy atom. The van der Waals surface area contributed by atoms with E-state index in [0.29, 0.717) is 19.6 Å². The van der Waals surface area contributed by atoms with Crippen molar-refractivity contribution in [1.29, 1.82) is 0 Å². The molecule has 6 heteroatoms. The Kier molecular flexibility index (Phi) is 7.68. The predicted octanol–water partition coefficient (Wildman–Crippen LogP) is 4.44. The van der Waals surface area contributed by atoms with Crippen LogP contribution >= 0.6 is 0 Å². The Morgan fingerprint density at radius 2 is 1.71 bits per heavy atom. The molecule has 0 N–H and O–H groups in total. The lowest BCUT2D eigenvalue weighted by Crippen LogP contribution is -2.45. The van der Waals surface area contributed by atoms with Crippen LogP contribution in [0, 0.1) is 12.3 Å². The van der Waals surface area contributed by atoms with Gasteiger partial charge in [0.25, 0.3) is 0 Å². The van der Waals surface area contributed by atoms with Crippen molar-refractivity contribution in [3.63, 3.8) is 0 Å². The molecule has 0 saturated carbocycles. The number of hydrogen-bond acceptors (Lipinski definition) is 4. The van der Waals surface area contributed by atoms with Crippen molar-refractivity contribution in [3.8, 4) is 5.75 Å².